The van der Waals surface area contributed by atoms with Crippen LogP contribution in [0.2, 0.25) is 0 Å². The third-order valence-electron chi connectivity index (χ3n) is 4.17. The second kappa shape index (κ2) is 7.04. The van der Waals surface area contributed by atoms with Gasteiger partial charge < -0.3 is 5.32 Å². The van der Waals surface area contributed by atoms with E-state index in [9.17, 15) is 0 Å². The predicted molar refractivity (Wildman–Crippen MR) is 84.8 cm³/mol. The van der Waals surface area contributed by atoms with Gasteiger partial charge >= 0.3 is 0 Å². The highest BCUT2D eigenvalue weighted by Gasteiger charge is 2.13. The molecule has 0 aromatic carbocycles. The summed E-state index contributed by atoms with van der Waals surface area (Å²) in [5.74, 6) is 0. The Balaban J connectivity index is 1.59. The highest BCUT2D eigenvalue weighted by Crippen LogP contribution is 2.26. The molecule has 1 aliphatic rings. The van der Waals surface area contributed by atoms with Gasteiger partial charge in [0.2, 0.25) is 0 Å². The number of rotatable bonds is 4. The van der Waals surface area contributed by atoms with E-state index in [2.05, 4.69) is 33.0 Å². The van der Waals surface area contributed by atoms with Gasteiger partial charge in [-0.15, -0.1) is 11.3 Å². The summed E-state index contributed by atoms with van der Waals surface area (Å²) >= 11 is 1.76. The van der Waals surface area contributed by atoms with E-state index >= 15 is 0 Å². The molecule has 2 N–H and O–H groups in total. The largest absolute Gasteiger partial charge is 0.310 e. The first-order valence-corrected chi connectivity index (χ1v) is 8.61. The zero-order chi connectivity index (χ0) is 13.6. The summed E-state index contributed by atoms with van der Waals surface area (Å²) in [4.78, 5) is 1.27. The van der Waals surface area contributed by atoms with Crippen LogP contribution in [-0.2, 0) is 6.54 Å². The molecule has 0 saturated heterocycles. The molecule has 0 spiro atoms. The van der Waals surface area contributed by atoms with Crippen molar-refractivity contribution in [2.24, 2.45) is 0 Å². The van der Waals surface area contributed by atoms with Crippen LogP contribution in [0, 0.1) is 0 Å². The Hall–Kier alpha value is -1.13. The fourth-order valence-corrected chi connectivity index (χ4v) is 3.75. The lowest BCUT2D eigenvalue weighted by Gasteiger charge is -2.21. The second-order valence-electron chi connectivity index (χ2n) is 5.67. The van der Waals surface area contributed by atoms with E-state index in [1.54, 1.807) is 11.3 Å². The van der Waals surface area contributed by atoms with Gasteiger partial charge in [-0.3, -0.25) is 5.10 Å². The maximum Gasteiger partial charge on any atom is 0.0794 e. The van der Waals surface area contributed by atoms with E-state index in [1.165, 1.54) is 61.1 Å². The molecule has 0 aliphatic heterocycles. The number of thiophene rings is 1. The number of nitrogens with one attached hydrogen (secondary N) is 2. The number of hydrogen-bond acceptors (Lipinski definition) is 3. The highest BCUT2D eigenvalue weighted by molar-refractivity contribution is 7.13. The number of aromatic nitrogens is 2. The highest BCUT2D eigenvalue weighted by atomic mass is 32.1. The molecule has 2 heterocycles. The van der Waals surface area contributed by atoms with Gasteiger partial charge in [-0.05, 0) is 24.3 Å². The Labute approximate surface area is 124 Å². The average Bonchev–Trinajstić information content (AvgIpc) is 3.08. The third-order valence-corrected chi connectivity index (χ3v) is 5.06. The quantitative estimate of drug-likeness (QED) is 0.879. The smallest absolute Gasteiger partial charge is 0.0794 e. The van der Waals surface area contributed by atoms with Crippen LogP contribution in [-0.4, -0.2) is 16.2 Å². The molecule has 0 amide bonds. The summed E-state index contributed by atoms with van der Waals surface area (Å²) in [6.45, 7) is 0.925. The van der Waals surface area contributed by atoms with Crippen LogP contribution in [0.4, 0.5) is 0 Å². The van der Waals surface area contributed by atoms with E-state index in [1.807, 2.05) is 6.20 Å². The van der Waals surface area contributed by atoms with Crippen LogP contribution in [0.3, 0.4) is 0 Å². The number of nitrogens with zero attached hydrogens (tertiary/aromatic N) is 1. The molecule has 108 valence electrons. The summed E-state index contributed by atoms with van der Waals surface area (Å²) in [6, 6.07) is 4.92. The lowest BCUT2D eigenvalue weighted by molar-refractivity contribution is 0.389. The fourth-order valence-electron chi connectivity index (χ4n) is 2.99. The van der Waals surface area contributed by atoms with Gasteiger partial charge in [-0.2, -0.15) is 5.10 Å². The van der Waals surface area contributed by atoms with Gasteiger partial charge in [0.15, 0.2) is 0 Å². The van der Waals surface area contributed by atoms with Gasteiger partial charge in [0.25, 0.3) is 0 Å². The van der Waals surface area contributed by atoms with E-state index in [0.29, 0.717) is 6.04 Å². The molecule has 0 atom stereocenters. The van der Waals surface area contributed by atoms with Gasteiger partial charge in [0, 0.05) is 18.2 Å². The standard InChI is InChI=1S/C16H23N3S/c1-2-4-7-14(8-5-3-1)17-11-13-12-18-19-16(13)15-9-6-10-20-15/h6,9-10,12,14,17H,1-5,7-8,11H2,(H,18,19). The Morgan fingerprint density at radius 1 is 1.20 bits per heavy atom. The van der Waals surface area contributed by atoms with Crippen molar-refractivity contribution in [3.63, 3.8) is 0 Å². The first kappa shape index (κ1) is 13.8. The molecule has 4 heteroatoms. The molecule has 1 aliphatic carbocycles. The number of hydrogen-bond donors (Lipinski definition) is 2. The first-order valence-electron chi connectivity index (χ1n) is 7.73. The normalized spacial score (nSPS) is 17.8. The molecular weight excluding hydrogens is 266 g/mol. The van der Waals surface area contributed by atoms with Crippen LogP contribution < -0.4 is 5.32 Å². The molecule has 20 heavy (non-hydrogen) atoms. The lowest BCUT2D eigenvalue weighted by Crippen LogP contribution is -2.29. The lowest BCUT2D eigenvalue weighted by atomic mass is 9.96. The monoisotopic (exact) mass is 289 g/mol. The minimum atomic E-state index is 0.682. The van der Waals surface area contributed by atoms with E-state index in [4.69, 9.17) is 0 Å². The molecule has 1 saturated carbocycles. The van der Waals surface area contributed by atoms with Gasteiger partial charge in [0.1, 0.15) is 0 Å². The minimum Gasteiger partial charge on any atom is -0.310 e. The molecular formula is C16H23N3S. The minimum absolute atomic E-state index is 0.682. The molecule has 0 bridgehead atoms. The van der Waals surface area contributed by atoms with Gasteiger partial charge in [-0.1, -0.05) is 38.2 Å². The van der Waals surface area contributed by atoms with Crippen LogP contribution in [0.25, 0.3) is 10.6 Å². The molecule has 0 radical (unpaired) electrons. The molecule has 3 nitrogen and oxygen atoms in total. The van der Waals surface area contributed by atoms with Crippen molar-refractivity contribution in [3.05, 3.63) is 29.3 Å². The zero-order valence-electron chi connectivity index (χ0n) is 11.9. The van der Waals surface area contributed by atoms with E-state index < -0.39 is 0 Å². The Morgan fingerprint density at radius 2 is 2.00 bits per heavy atom. The Morgan fingerprint density at radius 3 is 2.75 bits per heavy atom. The second-order valence-corrected chi connectivity index (χ2v) is 6.62. The maximum atomic E-state index is 4.22. The summed E-state index contributed by atoms with van der Waals surface area (Å²) in [5, 5.41) is 13.2. The summed E-state index contributed by atoms with van der Waals surface area (Å²) in [6.07, 6.45) is 11.6. The van der Waals surface area contributed by atoms with Gasteiger partial charge in [-0.25, -0.2) is 0 Å². The van der Waals surface area contributed by atoms with E-state index in [-0.39, 0.29) is 0 Å². The zero-order valence-corrected chi connectivity index (χ0v) is 12.7. The van der Waals surface area contributed by atoms with Crippen molar-refractivity contribution in [1.82, 2.24) is 15.5 Å². The molecule has 1 fully saturated rings. The fraction of sp³-hybridized carbons (Fsp3) is 0.562. The van der Waals surface area contributed by atoms with Crippen LogP contribution >= 0.6 is 11.3 Å². The number of H-pyrrole nitrogens is 1. The number of aromatic amines is 1. The predicted octanol–water partition coefficient (Wildman–Crippen LogP) is 4.34. The topological polar surface area (TPSA) is 40.7 Å². The van der Waals surface area contributed by atoms with Crippen molar-refractivity contribution in [2.75, 3.05) is 0 Å². The van der Waals surface area contributed by atoms with Crippen molar-refractivity contribution in [1.29, 1.82) is 0 Å². The van der Waals surface area contributed by atoms with Crippen molar-refractivity contribution in [3.8, 4) is 10.6 Å². The van der Waals surface area contributed by atoms with Crippen molar-refractivity contribution >= 4 is 11.3 Å². The Bertz CT molecular complexity index is 496. The van der Waals surface area contributed by atoms with Crippen molar-refractivity contribution in [2.45, 2.75) is 57.5 Å². The first-order chi connectivity index (χ1) is 9.93. The summed E-state index contributed by atoms with van der Waals surface area (Å²) in [7, 11) is 0. The Kier molecular flexibility index (Phi) is 4.87. The summed E-state index contributed by atoms with van der Waals surface area (Å²) < 4.78 is 0. The molecule has 3 rings (SSSR count). The molecule has 2 aromatic rings. The SMILES string of the molecule is c1csc(-c2[nH]ncc2CNC2CCCCCCC2)c1. The summed E-state index contributed by atoms with van der Waals surface area (Å²) in [5.41, 5.74) is 2.47. The molecule has 2 aromatic heterocycles. The van der Waals surface area contributed by atoms with E-state index in [0.717, 1.165) is 6.54 Å². The third kappa shape index (κ3) is 3.49. The van der Waals surface area contributed by atoms with Gasteiger partial charge in [0.05, 0.1) is 16.8 Å². The van der Waals surface area contributed by atoms with Crippen LogP contribution in [0.5, 0.6) is 0 Å². The average molecular weight is 289 g/mol. The van der Waals surface area contributed by atoms with Crippen LogP contribution in [0.15, 0.2) is 23.7 Å². The van der Waals surface area contributed by atoms with Crippen LogP contribution in [0.1, 0.15) is 50.5 Å². The molecule has 0 unspecified atom stereocenters. The van der Waals surface area contributed by atoms with Crippen molar-refractivity contribution < 1.29 is 0 Å². The maximum absolute atomic E-state index is 4.22.